The summed E-state index contributed by atoms with van der Waals surface area (Å²) in [5, 5.41) is 3.13. The Morgan fingerprint density at radius 3 is 2.47 bits per heavy atom. The second kappa shape index (κ2) is 5.80. The molecular weight excluding hydrogens is 312 g/mol. The standard InChI is InChI=1S/C15H14BrF2N/c1-9-4-3-5-11(14(9)16)15(19-2)10-6-7-12(17)13(18)8-10/h3-8,15,19H,1-2H3. The van der Waals surface area contributed by atoms with Crippen LogP contribution in [0.15, 0.2) is 40.9 Å². The Labute approximate surface area is 119 Å². The molecule has 0 saturated carbocycles. The van der Waals surface area contributed by atoms with Gasteiger partial charge >= 0.3 is 0 Å². The first kappa shape index (κ1) is 14.2. The molecule has 0 bridgehead atoms. The minimum absolute atomic E-state index is 0.190. The lowest BCUT2D eigenvalue weighted by Crippen LogP contribution is -2.18. The summed E-state index contributed by atoms with van der Waals surface area (Å²) in [6, 6.07) is 9.67. The van der Waals surface area contributed by atoms with Crippen molar-refractivity contribution >= 4 is 15.9 Å². The molecule has 1 unspecified atom stereocenters. The normalized spacial score (nSPS) is 12.5. The highest BCUT2D eigenvalue weighted by Crippen LogP contribution is 2.31. The van der Waals surface area contributed by atoms with E-state index in [9.17, 15) is 8.78 Å². The first-order valence-corrected chi connectivity index (χ1v) is 6.71. The zero-order valence-electron chi connectivity index (χ0n) is 10.7. The Morgan fingerprint density at radius 2 is 1.84 bits per heavy atom. The molecule has 100 valence electrons. The summed E-state index contributed by atoms with van der Waals surface area (Å²) in [7, 11) is 1.79. The third-order valence-electron chi connectivity index (χ3n) is 3.10. The minimum Gasteiger partial charge on any atom is -0.309 e. The van der Waals surface area contributed by atoms with Gasteiger partial charge in [-0.2, -0.15) is 0 Å². The van der Waals surface area contributed by atoms with Gasteiger partial charge in [-0.05, 0) is 42.8 Å². The maximum Gasteiger partial charge on any atom is 0.159 e. The van der Waals surface area contributed by atoms with Crippen LogP contribution in [0, 0.1) is 18.6 Å². The second-order valence-electron chi connectivity index (χ2n) is 4.37. The fourth-order valence-corrected chi connectivity index (χ4v) is 2.58. The van der Waals surface area contributed by atoms with Gasteiger partial charge in [0.15, 0.2) is 11.6 Å². The Morgan fingerprint density at radius 1 is 1.11 bits per heavy atom. The van der Waals surface area contributed by atoms with Crippen molar-refractivity contribution in [1.29, 1.82) is 0 Å². The summed E-state index contributed by atoms with van der Waals surface area (Å²) in [4.78, 5) is 0. The van der Waals surface area contributed by atoms with Crippen LogP contribution in [0.2, 0.25) is 0 Å². The predicted molar refractivity (Wildman–Crippen MR) is 76.1 cm³/mol. The molecule has 0 fully saturated rings. The summed E-state index contributed by atoms with van der Waals surface area (Å²) < 4.78 is 27.3. The lowest BCUT2D eigenvalue weighted by atomic mass is 9.97. The van der Waals surface area contributed by atoms with E-state index in [1.165, 1.54) is 6.07 Å². The summed E-state index contributed by atoms with van der Waals surface area (Å²) >= 11 is 3.54. The summed E-state index contributed by atoms with van der Waals surface area (Å²) in [6.45, 7) is 1.99. The van der Waals surface area contributed by atoms with Crippen LogP contribution in [0.4, 0.5) is 8.78 Å². The van der Waals surface area contributed by atoms with E-state index >= 15 is 0 Å². The molecule has 0 heterocycles. The van der Waals surface area contributed by atoms with Gasteiger partial charge in [-0.25, -0.2) is 8.78 Å². The fraction of sp³-hybridized carbons (Fsp3) is 0.200. The molecule has 1 atom stereocenters. The molecule has 0 spiro atoms. The number of benzene rings is 2. The van der Waals surface area contributed by atoms with E-state index in [2.05, 4.69) is 21.2 Å². The van der Waals surface area contributed by atoms with Gasteiger partial charge in [0, 0.05) is 4.47 Å². The number of halogens is 3. The molecule has 2 aromatic carbocycles. The second-order valence-corrected chi connectivity index (χ2v) is 5.17. The van der Waals surface area contributed by atoms with Crippen LogP contribution in [0.5, 0.6) is 0 Å². The van der Waals surface area contributed by atoms with Gasteiger partial charge in [-0.3, -0.25) is 0 Å². The quantitative estimate of drug-likeness (QED) is 0.884. The SMILES string of the molecule is CNC(c1ccc(F)c(F)c1)c1cccc(C)c1Br. The Balaban J connectivity index is 2.50. The van der Waals surface area contributed by atoms with Gasteiger partial charge in [-0.1, -0.05) is 40.2 Å². The van der Waals surface area contributed by atoms with E-state index in [0.29, 0.717) is 5.56 Å². The molecule has 19 heavy (non-hydrogen) atoms. The number of nitrogens with one attached hydrogen (secondary N) is 1. The van der Waals surface area contributed by atoms with Crippen LogP contribution in [0.25, 0.3) is 0 Å². The predicted octanol–water partition coefficient (Wildman–Crippen LogP) is 4.34. The van der Waals surface area contributed by atoms with Crippen molar-refractivity contribution in [2.75, 3.05) is 7.05 Å². The van der Waals surface area contributed by atoms with E-state index in [1.807, 2.05) is 25.1 Å². The largest absolute Gasteiger partial charge is 0.309 e. The van der Waals surface area contributed by atoms with Gasteiger partial charge in [0.05, 0.1) is 6.04 Å². The van der Waals surface area contributed by atoms with E-state index in [1.54, 1.807) is 13.1 Å². The topological polar surface area (TPSA) is 12.0 Å². The monoisotopic (exact) mass is 325 g/mol. The fourth-order valence-electron chi connectivity index (χ4n) is 2.09. The van der Waals surface area contributed by atoms with Crippen molar-refractivity contribution in [3.63, 3.8) is 0 Å². The van der Waals surface area contributed by atoms with Gasteiger partial charge in [0.1, 0.15) is 0 Å². The molecule has 0 radical (unpaired) electrons. The first-order chi connectivity index (χ1) is 9.04. The van der Waals surface area contributed by atoms with Crippen molar-refractivity contribution in [1.82, 2.24) is 5.32 Å². The van der Waals surface area contributed by atoms with E-state index in [0.717, 1.165) is 21.7 Å². The number of hydrogen-bond donors (Lipinski definition) is 1. The zero-order valence-corrected chi connectivity index (χ0v) is 12.3. The third kappa shape index (κ3) is 2.85. The van der Waals surface area contributed by atoms with Gasteiger partial charge in [0.2, 0.25) is 0 Å². The molecule has 0 aliphatic heterocycles. The number of hydrogen-bond acceptors (Lipinski definition) is 1. The molecule has 0 aliphatic carbocycles. The molecule has 0 amide bonds. The van der Waals surface area contributed by atoms with E-state index in [-0.39, 0.29) is 6.04 Å². The van der Waals surface area contributed by atoms with Crippen LogP contribution in [-0.4, -0.2) is 7.05 Å². The lowest BCUT2D eigenvalue weighted by Gasteiger charge is -2.20. The smallest absolute Gasteiger partial charge is 0.159 e. The summed E-state index contributed by atoms with van der Waals surface area (Å²) in [6.07, 6.45) is 0. The maximum absolute atomic E-state index is 13.4. The maximum atomic E-state index is 13.4. The molecule has 4 heteroatoms. The molecule has 2 aromatic rings. The first-order valence-electron chi connectivity index (χ1n) is 5.92. The number of rotatable bonds is 3. The number of aryl methyl sites for hydroxylation is 1. The lowest BCUT2D eigenvalue weighted by molar-refractivity contribution is 0.505. The van der Waals surface area contributed by atoms with E-state index < -0.39 is 11.6 Å². The highest BCUT2D eigenvalue weighted by atomic mass is 79.9. The van der Waals surface area contributed by atoms with Crippen LogP contribution in [-0.2, 0) is 0 Å². The zero-order chi connectivity index (χ0) is 14.0. The highest BCUT2D eigenvalue weighted by molar-refractivity contribution is 9.10. The molecule has 2 rings (SSSR count). The average Bonchev–Trinajstić information content (AvgIpc) is 2.39. The van der Waals surface area contributed by atoms with Crippen molar-refractivity contribution in [2.24, 2.45) is 0 Å². The van der Waals surface area contributed by atoms with Crippen LogP contribution < -0.4 is 5.32 Å². The van der Waals surface area contributed by atoms with Crippen LogP contribution >= 0.6 is 15.9 Å². The minimum atomic E-state index is -0.832. The molecule has 1 N–H and O–H groups in total. The summed E-state index contributed by atoms with van der Waals surface area (Å²) in [5.41, 5.74) is 2.78. The molecule has 0 saturated heterocycles. The highest BCUT2D eigenvalue weighted by Gasteiger charge is 2.17. The molecular formula is C15H14BrF2N. The van der Waals surface area contributed by atoms with Crippen molar-refractivity contribution in [3.8, 4) is 0 Å². The Bertz CT molecular complexity index is 599. The average molecular weight is 326 g/mol. The van der Waals surface area contributed by atoms with Gasteiger partial charge in [0.25, 0.3) is 0 Å². The third-order valence-corrected chi connectivity index (χ3v) is 4.18. The Hall–Kier alpha value is -1.26. The van der Waals surface area contributed by atoms with Crippen LogP contribution in [0.3, 0.4) is 0 Å². The van der Waals surface area contributed by atoms with Crippen molar-refractivity contribution in [2.45, 2.75) is 13.0 Å². The van der Waals surface area contributed by atoms with Gasteiger partial charge in [-0.15, -0.1) is 0 Å². The van der Waals surface area contributed by atoms with E-state index in [4.69, 9.17) is 0 Å². The van der Waals surface area contributed by atoms with Crippen molar-refractivity contribution < 1.29 is 8.78 Å². The molecule has 0 aliphatic rings. The Kier molecular flexibility index (Phi) is 4.32. The molecule has 0 aromatic heterocycles. The van der Waals surface area contributed by atoms with Crippen molar-refractivity contribution in [3.05, 3.63) is 69.2 Å². The van der Waals surface area contributed by atoms with Crippen LogP contribution in [0.1, 0.15) is 22.7 Å². The molecule has 1 nitrogen and oxygen atoms in total. The summed E-state index contributed by atoms with van der Waals surface area (Å²) in [5.74, 6) is -1.66. The van der Waals surface area contributed by atoms with Gasteiger partial charge < -0.3 is 5.32 Å².